The maximum atomic E-state index is 11.9. The number of carbonyl (C=O) groups is 1. The number of hydrogen-bond donors (Lipinski definition) is 2. The number of guanidine groups is 1. The Labute approximate surface area is 197 Å². The third kappa shape index (κ3) is 7.70. The predicted octanol–water partition coefficient (Wildman–Crippen LogP) is 2.20. The maximum absolute atomic E-state index is 11.9. The molecule has 2 heterocycles. The Balaban J connectivity index is 0.00000320. The van der Waals surface area contributed by atoms with Gasteiger partial charge in [0.15, 0.2) is 5.96 Å². The van der Waals surface area contributed by atoms with E-state index in [9.17, 15) is 4.79 Å². The molecule has 1 unspecified atom stereocenters. The van der Waals surface area contributed by atoms with Gasteiger partial charge in [-0.25, -0.2) is 4.99 Å². The van der Waals surface area contributed by atoms with Gasteiger partial charge in [0, 0.05) is 51.7 Å². The highest BCUT2D eigenvalue weighted by Gasteiger charge is 2.25. The molecule has 168 valence electrons. The molecule has 1 aromatic rings. The molecule has 2 saturated heterocycles. The highest BCUT2D eigenvalue weighted by atomic mass is 127. The molecule has 2 fully saturated rings. The Morgan fingerprint density at radius 3 is 2.70 bits per heavy atom. The molecule has 0 aromatic heterocycles. The number of carbonyl (C=O) groups excluding carboxylic acids is 1. The van der Waals surface area contributed by atoms with E-state index in [0.29, 0.717) is 13.0 Å². The summed E-state index contributed by atoms with van der Waals surface area (Å²) in [6, 6.07) is 8.94. The van der Waals surface area contributed by atoms with Crippen LogP contribution >= 0.6 is 24.0 Å². The number of hydrogen-bond acceptors (Lipinski definition) is 4. The SMILES string of the molecule is CCNC(=NCc1cccc(CN2CCOCC2)c1)NC1CCN(C(=O)CC)C1.I. The van der Waals surface area contributed by atoms with E-state index in [1.807, 2.05) is 11.8 Å². The van der Waals surface area contributed by atoms with Crippen LogP contribution in [0.15, 0.2) is 29.3 Å². The summed E-state index contributed by atoms with van der Waals surface area (Å²) in [7, 11) is 0. The molecular weight excluding hydrogens is 493 g/mol. The maximum Gasteiger partial charge on any atom is 0.222 e. The molecule has 30 heavy (non-hydrogen) atoms. The largest absolute Gasteiger partial charge is 0.379 e. The van der Waals surface area contributed by atoms with Crippen LogP contribution in [-0.4, -0.2) is 73.6 Å². The molecule has 1 amide bonds. The second kappa shape index (κ2) is 13.1. The number of likely N-dealkylation sites (tertiary alicyclic amines) is 1. The zero-order chi connectivity index (χ0) is 20.5. The Morgan fingerprint density at radius 2 is 1.97 bits per heavy atom. The molecule has 8 heteroatoms. The zero-order valence-corrected chi connectivity index (χ0v) is 20.6. The lowest BCUT2D eigenvalue weighted by Gasteiger charge is -2.26. The summed E-state index contributed by atoms with van der Waals surface area (Å²) in [5, 5.41) is 6.83. The van der Waals surface area contributed by atoms with E-state index in [-0.39, 0.29) is 35.9 Å². The van der Waals surface area contributed by atoms with Gasteiger partial charge in [0.05, 0.1) is 19.8 Å². The Morgan fingerprint density at radius 1 is 1.20 bits per heavy atom. The van der Waals surface area contributed by atoms with Crippen LogP contribution in [0.5, 0.6) is 0 Å². The van der Waals surface area contributed by atoms with Crippen molar-refractivity contribution in [1.82, 2.24) is 20.4 Å². The van der Waals surface area contributed by atoms with Gasteiger partial charge in [-0.2, -0.15) is 0 Å². The first-order valence-electron chi connectivity index (χ1n) is 10.9. The predicted molar refractivity (Wildman–Crippen MR) is 131 cm³/mol. The molecule has 3 rings (SSSR count). The van der Waals surface area contributed by atoms with Crippen LogP contribution in [0.1, 0.15) is 37.8 Å². The molecule has 0 spiro atoms. The fourth-order valence-corrected chi connectivity index (χ4v) is 3.86. The van der Waals surface area contributed by atoms with Crippen LogP contribution in [0, 0.1) is 0 Å². The molecule has 2 N–H and O–H groups in total. The van der Waals surface area contributed by atoms with E-state index < -0.39 is 0 Å². The monoisotopic (exact) mass is 529 g/mol. The highest BCUT2D eigenvalue weighted by Crippen LogP contribution is 2.12. The summed E-state index contributed by atoms with van der Waals surface area (Å²) in [6.45, 7) is 11.6. The second-order valence-corrected chi connectivity index (χ2v) is 7.73. The highest BCUT2D eigenvalue weighted by molar-refractivity contribution is 14.0. The minimum absolute atomic E-state index is 0. The molecule has 0 bridgehead atoms. The lowest BCUT2D eigenvalue weighted by molar-refractivity contribution is -0.129. The van der Waals surface area contributed by atoms with Crippen LogP contribution in [0.4, 0.5) is 0 Å². The summed E-state index contributed by atoms with van der Waals surface area (Å²) in [5.74, 6) is 1.05. The van der Waals surface area contributed by atoms with Crippen LogP contribution in [0.3, 0.4) is 0 Å². The summed E-state index contributed by atoms with van der Waals surface area (Å²) in [6.07, 6.45) is 1.53. The van der Waals surface area contributed by atoms with Gasteiger partial charge in [0.25, 0.3) is 0 Å². The summed E-state index contributed by atoms with van der Waals surface area (Å²) in [4.78, 5) is 21.1. The van der Waals surface area contributed by atoms with Crippen molar-refractivity contribution in [2.45, 2.75) is 45.8 Å². The number of nitrogens with one attached hydrogen (secondary N) is 2. The first-order valence-corrected chi connectivity index (χ1v) is 10.9. The van der Waals surface area contributed by atoms with Gasteiger partial charge in [-0.15, -0.1) is 24.0 Å². The van der Waals surface area contributed by atoms with Crippen molar-refractivity contribution in [1.29, 1.82) is 0 Å². The van der Waals surface area contributed by atoms with E-state index in [1.165, 1.54) is 11.1 Å². The van der Waals surface area contributed by atoms with Gasteiger partial charge in [0.1, 0.15) is 0 Å². The minimum Gasteiger partial charge on any atom is -0.379 e. The summed E-state index contributed by atoms with van der Waals surface area (Å²) >= 11 is 0. The first kappa shape index (κ1) is 24.9. The quantitative estimate of drug-likeness (QED) is 0.322. The fraction of sp³-hybridized carbons (Fsp3) is 0.636. The standard InChI is InChI=1S/C22H35N5O2.HI/c1-3-21(28)27-9-8-20(17-27)25-22(23-4-2)24-15-18-6-5-7-19(14-18)16-26-10-12-29-13-11-26;/h5-7,14,20H,3-4,8-13,15-17H2,1-2H3,(H2,23,24,25);1H. The molecule has 1 aromatic carbocycles. The number of aliphatic imine (C=N–C) groups is 1. The topological polar surface area (TPSA) is 69.2 Å². The fourth-order valence-electron chi connectivity index (χ4n) is 3.86. The van der Waals surface area contributed by atoms with Crippen molar-refractivity contribution in [3.8, 4) is 0 Å². The summed E-state index contributed by atoms with van der Waals surface area (Å²) in [5.41, 5.74) is 2.53. The van der Waals surface area contributed by atoms with E-state index in [2.05, 4.69) is 46.7 Å². The number of rotatable bonds is 7. The zero-order valence-electron chi connectivity index (χ0n) is 18.2. The third-order valence-electron chi connectivity index (χ3n) is 5.45. The average molecular weight is 529 g/mol. The minimum atomic E-state index is 0. The van der Waals surface area contributed by atoms with Gasteiger partial charge in [-0.1, -0.05) is 31.2 Å². The first-order chi connectivity index (χ1) is 14.2. The van der Waals surface area contributed by atoms with Crippen LogP contribution in [-0.2, 0) is 22.6 Å². The molecular formula is C22H36IN5O2. The smallest absolute Gasteiger partial charge is 0.222 e. The third-order valence-corrected chi connectivity index (χ3v) is 5.45. The van der Waals surface area contributed by atoms with Gasteiger partial charge in [-0.3, -0.25) is 9.69 Å². The lowest BCUT2D eigenvalue weighted by atomic mass is 10.1. The van der Waals surface area contributed by atoms with Crippen molar-refractivity contribution >= 4 is 35.8 Å². The Bertz CT molecular complexity index is 694. The van der Waals surface area contributed by atoms with Crippen molar-refractivity contribution in [2.75, 3.05) is 45.9 Å². The van der Waals surface area contributed by atoms with Crippen LogP contribution in [0.25, 0.3) is 0 Å². The number of amides is 1. The van der Waals surface area contributed by atoms with Gasteiger partial charge >= 0.3 is 0 Å². The van der Waals surface area contributed by atoms with Crippen molar-refractivity contribution in [3.05, 3.63) is 35.4 Å². The van der Waals surface area contributed by atoms with E-state index in [1.54, 1.807) is 0 Å². The van der Waals surface area contributed by atoms with Crippen molar-refractivity contribution in [3.63, 3.8) is 0 Å². The number of halogens is 1. The van der Waals surface area contributed by atoms with Crippen LogP contribution < -0.4 is 10.6 Å². The number of morpholine rings is 1. The van der Waals surface area contributed by atoms with Gasteiger partial charge in [-0.05, 0) is 24.5 Å². The molecule has 0 saturated carbocycles. The normalized spacial score (nSPS) is 20.0. The van der Waals surface area contributed by atoms with Crippen molar-refractivity contribution in [2.24, 2.45) is 4.99 Å². The molecule has 2 aliphatic rings. The Kier molecular flexibility index (Phi) is 10.9. The molecule has 0 radical (unpaired) electrons. The van der Waals surface area contributed by atoms with Crippen LogP contribution in [0.2, 0.25) is 0 Å². The van der Waals surface area contributed by atoms with E-state index in [0.717, 1.165) is 64.9 Å². The second-order valence-electron chi connectivity index (χ2n) is 7.73. The number of ether oxygens (including phenoxy) is 1. The van der Waals surface area contributed by atoms with Gasteiger partial charge < -0.3 is 20.3 Å². The lowest BCUT2D eigenvalue weighted by Crippen LogP contribution is -2.45. The molecule has 7 nitrogen and oxygen atoms in total. The average Bonchev–Trinajstić information content (AvgIpc) is 3.21. The number of benzene rings is 1. The van der Waals surface area contributed by atoms with Crippen molar-refractivity contribution < 1.29 is 9.53 Å². The summed E-state index contributed by atoms with van der Waals surface area (Å²) < 4.78 is 5.43. The molecule has 1 atom stereocenters. The van der Waals surface area contributed by atoms with Gasteiger partial charge in [0.2, 0.25) is 5.91 Å². The Hall–Kier alpha value is -1.39. The molecule has 2 aliphatic heterocycles. The van der Waals surface area contributed by atoms with E-state index >= 15 is 0 Å². The van der Waals surface area contributed by atoms with E-state index in [4.69, 9.17) is 9.73 Å². The molecule has 0 aliphatic carbocycles. The number of nitrogens with zero attached hydrogens (tertiary/aromatic N) is 3.